The van der Waals surface area contributed by atoms with Gasteiger partial charge in [0.2, 0.25) is 5.95 Å². The largest absolute Gasteiger partial charge is 0.396 e. The molecule has 3 aromatic rings. The predicted octanol–water partition coefficient (Wildman–Crippen LogP) is 3.46. The van der Waals surface area contributed by atoms with Gasteiger partial charge in [0.25, 0.3) is 5.91 Å². The number of anilines is 3. The van der Waals surface area contributed by atoms with E-state index in [1.807, 2.05) is 4.90 Å². The Balaban J connectivity index is 1.38. The summed E-state index contributed by atoms with van der Waals surface area (Å²) in [5.74, 6) is -0.191. The fourth-order valence-corrected chi connectivity index (χ4v) is 4.94. The molecule has 0 saturated carbocycles. The van der Waals surface area contributed by atoms with Gasteiger partial charge >= 0.3 is 0 Å². The minimum absolute atomic E-state index is 0.00566. The molecule has 1 atom stereocenters. The number of halogens is 2. The van der Waals surface area contributed by atoms with Crippen LogP contribution in [0.1, 0.15) is 28.2 Å². The number of hydrogen-bond acceptors (Lipinski definition) is 7. The molecule has 1 fully saturated rings. The topological polar surface area (TPSA) is 88.2 Å². The number of hydrogen-bond donors (Lipinski definition) is 1. The minimum atomic E-state index is -0.854. The van der Waals surface area contributed by atoms with Gasteiger partial charge in [-0.2, -0.15) is 0 Å². The Kier molecular flexibility index (Phi) is 5.01. The first kappa shape index (κ1) is 19.8. The van der Waals surface area contributed by atoms with Crippen LogP contribution in [0, 0.1) is 5.82 Å². The number of nitrogen functional groups attached to an aromatic ring is 1. The number of nitrogens with two attached hydrogens (primary N) is 1. The molecule has 2 N–H and O–H groups in total. The van der Waals surface area contributed by atoms with Gasteiger partial charge in [-0.05, 0) is 31.0 Å². The zero-order valence-electron chi connectivity index (χ0n) is 16.6. The van der Waals surface area contributed by atoms with E-state index in [2.05, 4.69) is 15.0 Å². The van der Waals surface area contributed by atoms with Crippen molar-refractivity contribution in [1.82, 2.24) is 15.0 Å². The normalized spacial score (nSPS) is 18.9. The second-order valence-corrected chi connectivity index (χ2v) is 8.66. The highest BCUT2D eigenvalue weighted by Gasteiger charge is 2.30. The van der Waals surface area contributed by atoms with Crippen LogP contribution in [0.25, 0.3) is 10.6 Å². The zero-order chi connectivity index (χ0) is 21.5. The van der Waals surface area contributed by atoms with Gasteiger partial charge in [0.15, 0.2) is 0 Å². The Morgan fingerprint density at radius 1 is 1.19 bits per heavy atom. The molecule has 0 bridgehead atoms. The fraction of sp³-hybridized carbons (Fsp3) is 0.333. The van der Waals surface area contributed by atoms with Gasteiger partial charge in [0.05, 0.1) is 17.9 Å². The molecule has 1 unspecified atom stereocenters. The molecule has 10 heteroatoms. The number of carbonyl (C=O) groups is 1. The third-order valence-electron chi connectivity index (χ3n) is 5.53. The van der Waals surface area contributed by atoms with Crippen LogP contribution < -0.4 is 15.5 Å². The van der Waals surface area contributed by atoms with E-state index >= 15 is 0 Å². The molecular weight excluding hydrogens is 422 g/mol. The summed E-state index contributed by atoms with van der Waals surface area (Å²) in [6.07, 6.45) is 4.42. The van der Waals surface area contributed by atoms with Gasteiger partial charge in [-0.15, -0.1) is 11.3 Å². The van der Waals surface area contributed by atoms with Crippen molar-refractivity contribution in [2.45, 2.75) is 25.4 Å². The van der Waals surface area contributed by atoms with Gasteiger partial charge in [-0.1, -0.05) is 0 Å². The van der Waals surface area contributed by atoms with Crippen molar-refractivity contribution in [3.8, 4) is 10.6 Å². The molecule has 7 nitrogen and oxygen atoms in total. The molecule has 1 aromatic carbocycles. The van der Waals surface area contributed by atoms with Crippen LogP contribution in [0.5, 0.6) is 0 Å². The molecule has 0 spiro atoms. The second kappa shape index (κ2) is 7.84. The van der Waals surface area contributed by atoms with E-state index in [0.717, 1.165) is 18.7 Å². The van der Waals surface area contributed by atoms with Gasteiger partial charge in [0.1, 0.15) is 21.9 Å². The van der Waals surface area contributed by atoms with Crippen molar-refractivity contribution >= 4 is 34.6 Å². The van der Waals surface area contributed by atoms with Gasteiger partial charge in [-0.3, -0.25) is 4.79 Å². The Morgan fingerprint density at radius 2 is 2.00 bits per heavy atom. The third kappa shape index (κ3) is 3.71. The maximum atomic E-state index is 13.7. The third-order valence-corrected chi connectivity index (χ3v) is 6.67. The van der Waals surface area contributed by atoms with Crippen molar-refractivity contribution in [3.05, 3.63) is 47.0 Å². The summed E-state index contributed by atoms with van der Waals surface area (Å²) in [7, 11) is 0. The lowest BCUT2D eigenvalue weighted by atomic mass is 10.1. The van der Waals surface area contributed by atoms with Crippen LogP contribution in [0.3, 0.4) is 0 Å². The number of thiazole rings is 1. The number of carbonyl (C=O) groups excluding carboxylic acids is 1. The Labute approximate surface area is 181 Å². The quantitative estimate of drug-likeness (QED) is 0.625. The second-order valence-electron chi connectivity index (χ2n) is 7.66. The van der Waals surface area contributed by atoms with E-state index < -0.39 is 12.0 Å². The number of amides is 1. The SMILES string of the molecule is Nc1cc(N2CCc3nc(-c4cnc(N5CCCC(F)C5)nc4)sc3C2=O)ccc1F. The summed E-state index contributed by atoms with van der Waals surface area (Å²) in [5.41, 5.74) is 7.67. The monoisotopic (exact) mass is 442 g/mol. The van der Waals surface area contributed by atoms with Gasteiger partial charge in [-0.25, -0.2) is 23.7 Å². The lowest BCUT2D eigenvalue weighted by Gasteiger charge is -2.28. The molecule has 1 saturated heterocycles. The molecule has 2 aromatic heterocycles. The molecule has 31 heavy (non-hydrogen) atoms. The zero-order valence-corrected chi connectivity index (χ0v) is 17.4. The van der Waals surface area contributed by atoms with Crippen LogP contribution in [0.2, 0.25) is 0 Å². The molecule has 2 aliphatic heterocycles. The van der Waals surface area contributed by atoms with Crippen LogP contribution in [-0.2, 0) is 6.42 Å². The Bertz CT molecular complexity index is 1140. The van der Waals surface area contributed by atoms with Gasteiger partial charge in [0, 0.05) is 43.2 Å². The molecule has 0 aliphatic carbocycles. The number of rotatable bonds is 3. The maximum Gasteiger partial charge on any atom is 0.270 e. The Hall–Kier alpha value is -3.14. The van der Waals surface area contributed by atoms with E-state index in [9.17, 15) is 13.6 Å². The molecule has 0 radical (unpaired) electrons. The van der Waals surface area contributed by atoms with Crippen LogP contribution in [0.15, 0.2) is 30.6 Å². The summed E-state index contributed by atoms with van der Waals surface area (Å²) in [6.45, 7) is 1.49. The summed E-state index contributed by atoms with van der Waals surface area (Å²) < 4.78 is 27.2. The van der Waals surface area contributed by atoms with Crippen molar-refractivity contribution in [2.24, 2.45) is 0 Å². The number of alkyl halides is 1. The van der Waals surface area contributed by atoms with Crippen molar-refractivity contribution in [3.63, 3.8) is 0 Å². The molecule has 4 heterocycles. The van der Waals surface area contributed by atoms with Crippen molar-refractivity contribution < 1.29 is 13.6 Å². The number of nitrogens with zero attached hydrogens (tertiary/aromatic N) is 5. The standard InChI is InChI=1S/C21H20F2N6OS/c22-13-2-1-6-28(11-13)21-25-9-12(10-26-21)19-27-17-5-7-29(20(30)18(17)31-19)14-3-4-15(23)16(24)8-14/h3-4,8-10,13H,1-2,5-7,11,24H2. The van der Waals surface area contributed by atoms with E-state index in [0.29, 0.717) is 53.0 Å². The average Bonchev–Trinajstić information content (AvgIpc) is 3.22. The maximum absolute atomic E-state index is 13.7. The summed E-state index contributed by atoms with van der Waals surface area (Å²) in [6, 6.07) is 4.28. The average molecular weight is 442 g/mol. The van der Waals surface area contributed by atoms with Crippen LogP contribution in [0.4, 0.5) is 26.1 Å². The number of fused-ring (bicyclic) bond motifs is 1. The minimum Gasteiger partial charge on any atom is -0.396 e. The van der Waals surface area contributed by atoms with E-state index in [4.69, 9.17) is 5.73 Å². The van der Waals surface area contributed by atoms with Crippen molar-refractivity contribution in [2.75, 3.05) is 35.2 Å². The smallest absolute Gasteiger partial charge is 0.270 e. The summed E-state index contributed by atoms with van der Waals surface area (Å²) >= 11 is 1.28. The molecule has 5 rings (SSSR count). The summed E-state index contributed by atoms with van der Waals surface area (Å²) in [5, 5.41) is 0.660. The van der Waals surface area contributed by atoms with E-state index in [1.54, 1.807) is 23.4 Å². The lowest BCUT2D eigenvalue weighted by molar-refractivity contribution is 0.0984. The highest BCUT2D eigenvalue weighted by atomic mass is 32.1. The Morgan fingerprint density at radius 3 is 2.74 bits per heavy atom. The van der Waals surface area contributed by atoms with Crippen molar-refractivity contribution in [1.29, 1.82) is 0 Å². The summed E-state index contributed by atoms with van der Waals surface area (Å²) in [4.78, 5) is 30.4. The fourth-order valence-electron chi connectivity index (χ4n) is 3.90. The highest BCUT2D eigenvalue weighted by Crippen LogP contribution is 2.34. The first-order valence-corrected chi connectivity index (χ1v) is 10.9. The molecule has 160 valence electrons. The van der Waals surface area contributed by atoms with Gasteiger partial charge < -0.3 is 15.5 Å². The number of piperidine rings is 1. The van der Waals surface area contributed by atoms with E-state index in [-0.39, 0.29) is 11.6 Å². The lowest BCUT2D eigenvalue weighted by Crippen LogP contribution is -2.37. The molecule has 1 amide bonds. The van der Waals surface area contributed by atoms with Crippen LogP contribution >= 0.6 is 11.3 Å². The highest BCUT2D eigenvalue weighted by molar-refractivity contribution is 7.17. The number of benzene rings is 1. The first-order valence-electron chi connectivity index (χ1n) is 10.1. The molecular formula is C21H20F2N6OS. The predicted molar refractivity (Wildman–Crippen MR) is 116 cm³/mol. The van der Waals surface area contributed by atoms with Crippen LogP contribution in [-0.4, -0.2) is 46.7 Å². The molecule has 2 aliphatic rings. The number of aromatic nitrogens is 3. The first-order chi connectivity index (χ1) is 15.0. The van der Waals surface area contributed by atoms with E-state index in [1.165, 1.54) is 23.5 Å².